The zero-order valence-electron chi connectivity index (χ0n) is 12.0. The first-order valence-electron chi connectivity index (χ1n) is 6.79. The van der Waals surface area contributed by atoms with Gasteiger partial charge in [0.15, 0.2) is 0 Å². The van der Waals surface area contributed by atoms with Gasteiger partial charge in [0.25, 0.3) is 5.91 Å². The fourth-order valence-corrected chi connectivity index (χ4v) is 2.57. The number of aromatic nitrogens is 1. The molecule has 106 valence electrons. The molecule has 1 heterocycles. The highest BCUT2D eigenvalue weighted by Crippen LogP contribution is 2.22. The standard InChI is InChI=1S/C17H17N3O/c1-10-5-11(2)7-13(6-10)20-17(21)15-9-19-16-4-3-12(18)8-14(15)16/h3-9,19H,18H2,1-2H3,(H,20,21). The number of rotatable bonds is 2. The number of anilines is 2. The van der Waals surface area contributed by atoms with E-state index in [2.05, 4.69) is 16.4 Å². The molecule has 0 unspecified atom stereocenters. The van der Waals surface area contributed by atoms with E-state index < -0.39 is 0 Å². The van der Waals surface area contributed by atoms with Gasteiger partial charge >= 0.3 is 0 Å². The Balaban J connectivity index is 1.95. The number of nitrogens with two attached hydrogens (primary N) is 1. The van der Waals surface area contributed by atoms with Crippen LogP contribution in [0.4, 0.5) is 11.4 Å². The Morgan fingerprint density at radius 3 is 2.52 bits per heavy atom. The second-order valence-corrected chi connectivity index (χ2v) is 5.34. The molecule has 0 atom stereocenters. The van der Waals surface area contributed by atoms with Gasteiger partial charge in [-0.3, -0.25) is 4.79 Å². The van der Waals surface area contributed by atoms with Gasteiger partial charge in [-0.05, 0) is 55.3 Å². The maximum Gasteiger partial charge on any atom is 0.257 e. The molecule has 1 aromatic heterocycles. The van der Waals surface area contributed by atoms with Crippen LogP contribution in [0.3, 0.4) is 0 Å². The summed E-state index contributed by atoms with van der Waals surface area (Å²) >= 11 is 0. The van der Waals surface area contributed by atoms with E-state index in [4.69, 9.17) is 5.73 Å². The van der Waals surface area contributed by atoms with Crippen LogP contribution >= 0.6 is 0 Å². The van der Waals surface area contributed by atoms with Gasteiger partial charge in [-0.15, -0.1) is 0 Å². The maximum atomic E-state index is 12.5. The van der Waals surface area contributed by atoms with Gasteiger partial charge in [0.05, 0.1) is 5.56 Å². The van der Waals surface area contributed by atoms with E-state index in [1.54, 1.807) is 6.20 Å². The largest absolute Gasteiger partial charge is 0.399 e. The molecule has 3 rings (SSSR count). The lowest BCUT2D eigenvalue weighted by atomic mass is 10.1. The predicted molar refractivity (Wildman–Crippen MR) is 86.6 cm³/mol. The van der Waals surface area contributed by atoms with E-state index in [1.165, 1.54) is 0 Å². The molecule has 4 nitrogen and oxygen atoms in total. The minimum atomic E-state index is -0.142. The summed E-state index contributed by atoms with van der Waals surface area (Å²) in [5.41, 5.74) is 11.0. The second-order valence-electron chi connectivity index (χ2n) is 5.34. The fourth-order valence-electron chi connectivity index (χ4n) is 2.57. The molecule has 0 saturated carbocycles. The lowest BCUT2D eigenvalue weighted by Gasteiger charge is -2.07. The number of hydrogen-bond acceptors (Lipinski definition) is 2. The van der Waals surface area contributed by atoms with Crippen LogP contribution in [0.2, 0.25) is 0 Å². The molecule has 0 bridgehead atoms. The molecular weight excluding hydrogens is 262 g/mol. The fraction of sp³-hybridized carbons (Fsp3) is 0.118. The van der Waals surface area contributed by atoms with Crippen molar-refractivity contribution in [3.05, 3.63) is 59.3 Å². The van der Waals surface area contributed by atoms with Crippen LogP contribution in [0.5, 0.6) is 0 Å². The number of fused-ring (bicyclic) bond motifs is 1. The quantitative estimate of drug-likeness (QED) is 0.627. The smallest absolute Gasteiger partial charge is 0.257 e. The van der Waals surface area contributed by atoms with Crippen LogP contribution in [0.25, 0.3) is 10.9 Å². The number of carbonyl (C=O) groups excluding carboxylic acids is 1. The average molecular weight is 279 g/mol. The number of carbonyl (C=O) groups is 1. The third-order valence-corrected chi connectivity index (χ3v) is 3.43. The highest BCUT2D eigenvalue weighted by molar-refractivity contribution is 6.13. The second kappa shape index (κ2) is 4.98. The Bertz CT molecular complexity index is 813. The SMILES string of the molecule is Cc1cc(C)cc(NC(=O)c2c[nH]c3ccc(N)cc23)c1. The van der Waals surface area contributed by atoms with Gasteiger partial charge in [0.1, 0.15) is 0 Å². The zero-order chi connectivity index (χ0) is 15.0. The number of H-pyrrole nitrogens is 1. The van der Waals surface area contributed by atoms with Crippen molar-refractivity contribution in [2.45, 2.75) is 13.8 Å². The van der Waals surface area contributed by atoms with Crippen LogP contribution in [0.1, 0.15) is 21.5 Å². The third-order valence-electron chi connectivity index (χ3n) is 3.43. The first kappa shape index (κ1) is 13.2. The van der Waals surface area contributed by atoms with Crippen molar-refractivity contribution >= 4 is 28.2 Å². The van der Waals surface area contributed by atoms with Gasteiger partial charge in [-0.25, -0.2) is 0 Å². The molecule has 0 aliphatic carbocycles. The van der Waals surface area contributed by atoms with Crippen molar-refractivity contribution in [2.75, 3.05) is 11.1 Å². The molecule has 21 heavy (non-hydrogen) atoms. The van der Waals surface area contributed by atoms with Gasteiger partial charge < -0.3 is 16.0 Å². The Morgan fingerprint density at radius 1 is 1.10 bits per heavy atom. The summed E-state index contributed by atoms with van der Waals surface area (Å²) < 4.78 is 0. The van der Waals surface area contributed by atoms with Crippen LogP contribution in [0, 0.1) is 13.8 Å². The molecule has 0 saturated heterocycles. The van der Waals surface area contributed by atoms with Gasteiger partial charge in [0.2, 0.25) is 0 Å². The minimum Gasteiger partial charge on any atom is -0.399 e. The van der Waals surface area contributed by atoms with Crippen LogP contribution in [0.15, 0.2) is 42.6 Å². The Kier molecular flexibility index (Phi) is 3.14. The summed E-state index contributed by atoms with van der Waals surface area (Å²) in [6.07, 6.45) is 1.71. The number of nitrogen functional groups attached to an aromatic ring is 1. The molecule has 0 aliphatic heterocycles. The summed E-state index contributed by atoms with van der Waals surface area (Å²) in [5, 5.41) is 3.77. The molecular formula is C17H17N3O. The van der Waals surface area contributed by atoms with E-state index in [9.17, 15) is 4.79 Å². The van der Waals surface area contributed by atoms with Crippen molar-refractivity contribution in [2.24, 2.45) is 0 Å². The van der Waals surface area contributed by atoms with E-state index in [1.807, 2.05) is 44.2 Å². The average Bonchev–Trinajstić information content (AvgIpc) is 2.80. The normalized spacial score (nSPS) is 10.8. The highest BCUT2D eigenvalue weighted by Gasteiger charge is 2.12. The summed E-state index contributed by atoms with van der Waals surface area (Å²) in [7, 11) is 0. The summed E-state index contributed by atoms with van der Waals surface area (Å²) in [4.78, 5) is 15.5. The number of aromatic amines is 1. The monoisotopic (exact) mass is 279 g/mol. The van der Waals surface area contributed by atoms with E-state index in [-0.39, 0.29) is 5.91 Å². The Morgan fingerprint density at radius 2 is 1.81 bits per heavy atom. The molecule has 0 fully saturated rings. The van der Waals surface area contributed by atoms with E-state index in [0.717, 1.165) is 27.7 Å². The van der Waals surface area contributed by atoms with Crippen LogP contribution < -0.4 is 11.1 Å². The number of aryl methyl sites for hydroxylation is 2. The van der Waals surface area contributed by atoms with Crippen molar-refractivity contribution in [1.82, 2.24) is 4.98 Å². The topological polar surface area (TPSA) is 70.9 Å². The molecule has 0 radical (unpaired) electrons. The Labute approximate surface area is 123 Å². The first-order valence-corrected chi connectivity index (χ1v) is 6.79. The first-order chi connectivity index (χ1) is 10.0. The van der Waals surface area contributed by atoms with Crippen molar-refractivity contribution in [3.63, 3.8) is 0 Å². The molecule has 0 spiro atoms. The zero-order valence-corrected chi connectivity index (χ0v) is 12.0. The van der Waals surface area contributed by atoms with Crippen molar-refractivity contribution < 1.29 is 4.79 Å². The van der Waals surface area contributed by atoms with Gasteiger partial charge in [-0.1, -0.05) is 6.07 Å². The number of nitrogens with one attached hydrogen (secondary N) is 2. The number of hydrogen-bond donors (Lipinski definition) is 3. The van der Waals surface area contributed by atoms with Gasteiger partial charge in [-0.2, -0.15) is 0 Å². The highest BCUT2D eigenvalue weighted by atomic mass is 16.1. The molecule has 4 N–H and O–H groups in total. The maximum absolute atomic E-state index is 12.5. The number of amides is 1. The van der Waals surface area contributed by atoms with Gasteiger partial charge in [0, 0.05) is 28.5 Å². The van der Waals surface area contributed by atoms with Crippen molar-refractivity contribution in [3.8, 4) is 0 Å². The van der Waals surface area contributed by atoms with E-state index in [0.29, 0.717) is 11.3 Å². The number of benzene rings is 2. The molecule has 0 aliphatic rings. The summed E-state index contributed by atoms with van der Waals surface area (Å²) in [6, 6.07) is 11.5. The molecule has 4 heteroatoms. The lowest BCUT2D eigenvalue weighted by molar-refractivity contribution is 0.102. The third kappa shape index (κ3) is 2.60. The van der Waals surface area contributed by atoms with Crippen LogP contribution in [-0.4, -0.2) is 10.9 Å². The van der Waals surface area contributed by atoms with Crippen LogP contribution in [-0.2, 0) is 0 Å². The summed E-state index contributed by atoms with van der Waals surface area (Å²) in [5.74, 6) is -0.142. The van der Waals surface area contributed by atoms with E-state index >= 15 is 0 Å². The van der Waals surface area contributed by atoms with Crippen molar-refractivity contribution in [1.29, 1.82) is 0 Å². The molecule has 3 aromatic rings. The minimum absolute atomic E-state index is 0.142. The Hall–Kier alpha value is -2.75. The molecule has 2 aromatic carbocycles. The summed E-state index contributed by atoms with van der Waals surface area (Å²) in [6.45, 7) is 4.02. The predicted octanol–water partition coefficient (Wildman–Crippen LogP) is 3.62. The lowest BCUT2D eigenvalue weighted by Crippen LogP contribution is -2.11. The molecule has 1 amide bonds.